The summed E-state index contributed by atoms with van der Waals surface area (Å²) in [6.45, 7) is 5.62. The number of carboxylic acid groups (broad SMARTS) is 1. The SMILES string of the molecule is CCN1CC2C(C1)C2c1cc(F)ccc1[S+]([O-])Nc1ccc2c(c1C(=O)O)OC[C@@H]1C[C@H]21. The molecule has 8 heteroatoms. The molecule has 0 aromatic heterocycles. The van der Waals surface area contributed by atoms with Gasteiger partial charge < -0.3 is 19.3 Å². The lowest BCUT2D eigenvalue weighted by molar-refractivity contribution is 0.0692. The fourth-order valence-corrected chi connectivity index (χ4v) is 6.86. The lowest BCUT2D eigenvalue weighted by atomic mass is 10.0. The Hall–Kier alpha value is -2.29. The summed E-state index contributed by atoms with van der Waals surface area (Å²) in [5.74, 6) is 0.886. The highest BCUT2D eigenvalue weighted by molar-refractivity contribution is 7.92. The molecule has 6 rings (SSSR count). The number of benzene rings is 2. The van der Waals surface area contributed by atoms with Crippen molar-refractivity contribution >= 4 is 23.0 Å². The largest absolute Gasteiger partial charge is 0.588 e. The summed E-state index contributed by atoms with van der Waals surface area (Å²) in [4.78, 5) is 15.0. The molecule has 0 bridgehead atoms. The summed E-state index contributed by atoms with van der Waals surface area (Å²) >= 11 is -1.73. The van der Waals surface area contributed by atoms with Gasteiger partial charge in [-0.25, -0.2) is 13.9 Å². The van der Waals surface area contributed by atoms with E-state index in [1.54, 1.807) is 12.1 Å². The minimum absolute atomic E-state index is 0.0201. The molecule has 3 unspecified atom stereocenters. The van der Waals surface area contributed by atoms with Crippen LogP contribution >= 0.6 is 0 Å². The average Bonchev–Trinajstić information content (AvgIpc) is 3.66. The lowest BCUT2D eigenvalue weighted by Gasteiger charge is -2.22. The van der Waals surface area contributed by atoms with E-state index in [4.69, 9.17) is 4.74 Å². The normalized spacial score (nSPS) is 30.5. The predicted octanol–water partition coefficient (Wildman–Crippen LogP) is 3.82. The molecule has 0 radical (unpaired) electrons. The van der Waals surface area contributed by atoms with Gasteiger partial charge in [-0.05, 0) is 66.5 Å². The number of rotatable bonds is 6. The first kappa shape index (κ1) is 20.3. The van der Waals surface area contributed by atoms with Gasteiger partial charge in [0.05, 0.1) is 6.61 Å². The molecular weight excluding hydrogens is 431 g/mol. The second-order valence-electron chi connectivity index (χ2n) is 9.38. The number of anilines is 1. The number of fused-ring (bicyclic) bond motifs is 4. The first-order valence-electron chi connectivity index (χ1n) is 11.2. The molecule has 4 aliphatic rings. The van der Waals surface area contributed by atoms with Gasteiger partial charge in [-0.15, -0.1) is 0 Å². The molecular formula is C24H25FN2O4S. The van der Waals surface area contributed by atoms with Crippen LogP contribution in [0.15, 0.2) is 35.2 Å². The maximum absolute atomic E-state index is 14.1. The third kappa shape index (κ3) is 3.19. The van der Waals surface area contributed by atoms with E-state index >= 15 is 0 Å². The number of carboxylic acids is 1. The van der Waals surface area contributed by atoms with Crippen LogP contribution in [0.1, 0.15) is 46.7 Å². The number of halogens is 1. The summed E-state index contributed by atoms with van der Waals surface area (Å²) in [6, 6.07) is 7.93. The van der Waals surface area contributed by atoms with Crippen LogP contribution in [0.3, 0.4) is 0 Å². The third-order valence-electron chi connectivity index (χ3n) is 7.62. The Labute approximate surface area is 189 Å². The zero-order valence-electron chi connectivity index (χ0n) is 17.7. The number of likely N-dealkylation sites (tertiary alicyclic amines) is 1. The van der Waals surface area contributed by atoms with E-state index in [2.05, 4.69) is 16.5 Å². The van der Waals surface area contributed by atoms with Gasteiger partial charge in [-0.3, -0.25) is 0 Å². The highest BCUT2D eigenvalue weighted by Gasteiger charge is 2.57. The van der Waals surface area contributed by atoms with Crippen LogP contribution in [0.5, 0.6) is 5.75 Å². The van der Waals surface area contributed by atoms with Crippen molar-refractivity contribution in [2.45, 2.75) is 30.1 Å². The number of nitrogens with zero attached hydrogens (tertiary/aromatic N) is 1. The quantitative estimate of drug-likeness (QED) is 0.643. The fraction of sp³-hybridized carbons (Fsp3) is 0.458. The molecule has 2 saturated carbocycles. The topological polar surface area (TPSA) is 84.9 Å². The van der Waals surface area contributed by atoms with E-state index in [9.17, 15) is 18.8 Å². The number of piperidine rings is 1. The maximum Gasteiger partial charge on any atom is 0.341 e. The number of carbonyl (C=O) groups is 1. The van der Waals surface area contributed by atoms with Crippen molar-refractivity contribution < 1.29 is 23.6 Å². The van der Waals surface area contributed by atoms with E-state index in [1.165, 1.54) is 12.1 Å². The molecule has 5 atom stereocenters. The first-order valence-corrected chi connectivity index (χ1v) is 12.3. The van der Waals surface area contributed by atoms with Gasteiger partial charge in [-0.1, -0.05) is 13.0 Å². The minimum atomic E-state index is -1.73. The molecule has 2 heterocycles. The van der Waals surface area contributed by atoms with E-state index in [0.717, 1.165) is 37.2 Å². The van der Waals surface area contributed by atoms with Crippen LogP contribution in [-0.2, 0) is 11.4 Å². The van der Waals surface area contributed by atoms with Gasteiger partial charge in [0.1, 0.15) is 34.2 Å². The van der Waals surface area contributed by atoms with Gasteiger partial charge in [0.15, 0.2) is 4.90 Å². The van der Waals surface area contributed by atoms with Crippen LogP contribution in [-0.4, -0.2) is 46.8 Å². The monoisotopic (exact) mass is 456 g/mol. The van der Waals surface area contributed by atoms with E-state index in [-0.39, 0.29) is 23.0 Å². The zero-order valence-corrected chi connectivity index (χ0v) is 18.5. The number of hydrogen-bond acceptors (Lipinski definition) is 5. The average molecular weight is 457 g/mol. The Kier molecular flexibility index (Phi) is 4.68. The van der Waals surface area contributed by atoms with Crippen LogP contribution in [0.2, 0.25) is 0 Å². The lowest BCUT2D eigenvalue weighted by Crippen LogP contribution is -2.24. The molecule has 3 fully saturated rings. The Morgan fingerprint density at radius 1 is 1.28 bits per heavy atom. The Bertz CT molecular complexity index is 1100. The van der Waals surface area contributed by atoms with Crippen molar-refractivity contribution in [2.24, 2.45) is 17.8 Å². The third-order valence-corrected chi connectivity index (χ3v) is 8.79. The van der Waals surface area contributed by atoms with Crippen LogP contribution in [0.4, 0.5) is 10.1 Å². The molecule has 2 aromatic carbocycles. The number of ether oxygens (including phenoxy) is 1. The van der Waals surface area contributed by atoms with Crippen LogP contribution in [0, 0.1) is 23.6 Å². The summed E-state index contributed by atoms with van der Waals surface area (Å²) in [6.07, 6.45) is 1.02. The summed E-state index contributed by atoms with van der Waals surface area (Å²) in [5, 5.41) is 9.88. The van der Waals surface area contributed by atoms with Crippen LogP contribution < -0.4 is 9.46 Å². The second-order valence-corrected chi connectivity index (χ2v) is 10.6. The van der Waals surface area contributed by atoms with E-state index in [0.29, 0.717) is 40.9 Å². The standard InChI is InChI=1S/C24H25FN2O4S/c1-2-27-9-17-18(10-27)21(17)16-8-13(25)3-6-20(16)32(30)26-19-5-4-14-15-7-12(15)11-31-23(14)22(19)24(28)29/h3-6,8,12,15,17-18,21,26H,2,7,9-11H2,1H3,(H,28,29)/t12-,15-,17?,18?,21?,32?/m0/s1. The smallest absolute Gasteiger partial charge is 0.341 e. The molecule has 2 aliphatic heterocycles. The minimum Gasteiger partial charge on any atom is -0.588 e. The molecule has 2 aromatic rings. The molecule has 1 saturated heterocycles. The highest BCUT2D eigenvalue weighted by atomic mass is 32.2. The molecule has 168 valence electrons. The predicted molar refractivity (Wildman–Crippen MR) is 118 cm³/mol. The molecule has 2 aliphatic carbocycles. The van der Waals surface area contributed by atoms with Gasteiger partial charge >= 0.3 is 5.97 Å². The van der Waals surface area contributed by atoms with Crippen molar-refractivity contribution in [1.29, 1.82) is 0 Å². The Morgan fingerprint density at radius 3 is 2.78 bits per heavy atom. The highest BCUT2D eigenvalue weighted by Crippen LogP contribution is 2.59. The Balaban J connectivity index is 1.30. The van der Waals surface area contributed by atoms with Gasteiger partial charge in [0.25, 0.3) is 0 Å². The fourth-order valence-electron chi connectivity index (χ4n) is 5.78. The van der Waals surface area contributed by atoms with Crippen LogP contribution in [0.25, 0.3) is 0 Å². The number of hydrogen-bond donors (Lipinski definition) is 2. The number of aromatic carboxylic acids is 1. The van der Waals surface area contributed by atoms with E-state index < -0.39 is 17.3 Å². The Morgan fingerprint density at radius 2 is 2.06 bits per heavy atom. The second kappa shape index (κ2) is 7.37. The van der Waals surface area contributed by atoms with Crippen molar-refractivity contribution in [3.63, 3.8) is 0 Å². The summed E-state index contributed by atoms with van der Waals surface area (Å²) in [5.41, 5.74) is 1.97. The van der Waals surface area contributed by atoms with Gasteiger partial charge in [0.2, 0.25) is 0 Å². The number of nitrogens with one attached hydrogen (secondary N) is 1. The van der Waals surface area contributed by atoms with Crippen molar-refractivity contribution in [3.8, 4) is 5.75 Å². The molecule has 32 heavy (non-hydrogen) atoms. The van der Waals surface area contributed by atoms with Crippen molar-refractivity contribution in [1.82, 2.24) is 4.90 Å². The molecule has 2 N–H and O–H groups in total. The zero-order chi connectivity index (χ0) is 22.1. The summed E-state index contributed by atoms with van der Waals surface area (Å²) in [7, 11) is 0. The maximum atomic E-state index is 14.1. The van der Waals surface area contributed by atoms with Crippen molar-refractivity contribution in [2.75, 3.05) is 31.0 Å². The van der Waals surface area contributed by atoms with E-state index in [1.807, 2.05) is 6.07 Å². The summed E-state index contributed by atoms with van der Waals surface area (Å²) < 4.78 is 36.2. The van der Waals surface area contributed by atoms with Gasteiger partial charge in [-0.2, -0.15) is 0 Å². The molecule has 6 nitrogen and oxygen atoms in total. The van der Waals surface area contributed by atoms with Crippen molar-refractivity contribution in [3.05, 3.63) is 52.8 Å². The van der Waals surface area contributed by atoms with Gasteiger partial charge in [0, 0.05) is 24.6 Å². The first-order chi connectivity index (χ1) is 15.5. The molecule has 0 amide bonds. The molecule has 0 spiro atoms.